The zero-order chi connectivity index (χ0) is 17.5. The van der Waals surface area contributed by atoms with Crippen LogP contribution in [0, 0.1) is 6.92 Å². The smallest absolute Gasteiger partial charge is 0.262 e. The van der Waals surface area contributed by atoms with E-state index in [0.717, 1.165) is 5.56 Å². The number of halogens is 1. The van der Waals surface area contributed by atoms with E-state index in [9.17, 15) is 4.79 Å². The van der Waals surface area contributed by atoms with Gasteiger partial charge in [-0.15, -0.1) is 0 Å². The van der Waals surface area contributed by atoms with Gasteiger partial charge in [0.25, 0.3) is 5.91 Å². The minimum atomic E-state index is -0.268. The van der Waals surface area contributed by atoms with Crippen LogP contribution in [0.15, 0.2) is 36.4 Å². The average molecular weight is 350 g/mol. The predicted octanol–water partition coefficient (Wildman–Crippen LogP) is 4.07. The summed E-state index contributed by atoms with van der Waals surface area (Å²) < 4.78 is 16.2. The van der Waals surface area contributed by atoms with Crippen LogP contribution in [0.3, 0.4) is 0 Å². The zero-order valence-corrected chi connectivity index (χ0v) is 14.6. The van der Waals surface area contributed by atoms with Crippen molar-refractivity contribution < 1.29 is 19.0 Å². The van der Waals surface area contributed by atoms with Gasteiger partial charge in [0.05, 0.1) is 13.7 Å². The third kappa shape index (κ3) is 4.80. The number of rotatable bonds is 7. The average Bonchev–Trinajstić information content (AvgIpc) is 2.55. The van der Waals surface area contributed by atoms with Crippen molar-refractivity contribution in [1.29, 1.82) is 0 Å². The zero-order valence-electron chi connectivity index (χ0n) is 13.9. The molecule has 24 heavy (non-hydrogen) atoms. The van der Waals surface area contributed by atoms with Crippen molar-refractivity contribution in [2.75, 3.05) is 25.6 Å². The summed E-state index contributed by atoms with van der Waals surface area (Å²) >= 11 is 5.89. The molecule has 6 heteroatoms. The summed E-state index contributed by atoms with van der Waals surface area (Å²) in [5.74, 6) is 1.55. The first-order valence-electron chi connectivity index (χ1n) is 7.53. The molecule has 0 bridgehead atoms. The molecule has 2 rings (SSSR count). The third-order valence-corrected chi connectivity index (χ3v) is 3.48. The molecule has 0 saturated carbocycles. The summed E-state index contributed by atoms with van der Waals surface area (Å²) in [4.78, 5) is 12.0. The van der Waals surface area contributed by atoms with Gasteiger partial charge in [-0.25, -0.2) is 0 Å². The van der Waals surface area contributed by atoms with E-state index in [1.165, 1.54) is 0 Å². The molecule has 1 N–H and O–H groups in total. The van der Waals surface area contributed by atoms with Crippen LogP contribution in [0.25, 0.3) is 0 Å². The summed E-state index contributed by atoms with van der Waals surface area (Å²) in [5.41, 5.74) is 1.48. The molecular formula is C18H20ClNO4. The maximum Gasteiger partial charge on any atom is 0.262 e. The summed E-state index contributed by atoms with van der Waals surface area (Å²) in [5, 5.41) is 3.39. The van der Waals surface area contributed by atoms with Crippen LogP contribution in [0.4, 0.5) is 5.69 Å². The molecule has 0 aliphatic carbocycles. The van der Waals surface area contributed by atoms with Crippen LogP contribution in [0.5, 0.6) is 17.2 Å². The van der Waals surface area contributed by atoms with E-state index in [2.05, 4.69) is 5.32 Å². The molecule has 1 amide bonds. The molecule has 0 unspecified atom stereocenters. The van der Waals surface area contributed by atoms with Crippen LogP contribution in [0.2, 0.25) is 5.02 Å². The Kier molecular flexibility index (Phi) is 6.32. The Balaban J connectivity index is 1.96. The van der Waals surface area contributed by atoms with Gasteiger partial charge in [-0.05, 0) is 49.7 Å². The van der Waals surface area contributed by atoms with Crippen molar-refractivity contribution in [2.45, 2.75) is 13.8 Å². The van der Waals surface area contributed by atoms with E-state index in [0.29, 0.717) is 34.6 Å². The van der Waals surface area contributed by atoms with Gasteiger partial charge in [-0.2, -0.15) is 0 Å². The Morgan fingerprint density at radius 2 is 1.83 bits per heavy atom. The lowest BCUT2D eigenvalue weighted by Gasteiger charge is -2.12. The number of benzene rings is 2. The molecule has 0 spiro atoms. The second-order valence-electron chi connectivity index (χ2n) is 5.05. The molecule has 0 aliphatic rings. The number of nitrogens with one attached hydrogen (secondary N) is 1. The lowest BCUT2D eigenvalue weighted by Crippen LogP contribution is -2.20. The van der Waals surface area contributed by atoms with Crippen molar-refractivity contribution in [2.24, 2.45) is 0 Å². The number of carbonyl (C=O) groups excluding carboxylic acids is 1. The second-order valence-corrected chi connectivity index (χ2v) is 5.48. The number of ether oxygens (including phenoxy) is 3. The monoisotopic (exact) mass is 349 g/mol. The van der Waals surface area contributed by atoms with Crippen LogP contribution < -0.4 is 19.5 Å². The maximum atomic E-state index is 12.0. The largest absolute Gasteiger partial charge is 0.493 e. The Morgan fingerprint density at radius 1 is 1.08 bits per heavy atom. The highest BCUT2D eigenvalue weighted by Gasteiger charge is 2.09. The van der Waals surface area contributed by atoms with E-state index in [-0.39, 0.29) is 12.5 Å². The molecule has 5 nitrogen and oxygen atoms in total. The fourth-order valence-corrected chi connectivity index (χ4v) is 2.36. The Bertz CT molecular complexity index is 718. The molecule has 0 atom stereocenters. The van der Waals surface area contributed by atoms with Crippen molar-refractivity contribution in [3.63, 3.8) is 0 Å². The van der Waals surface area contributed by atoms with Crippen LogP contribution in [0.1, 0.15) is 12.5 Å². The van der Waals surface area contributed by atoms with Gasteiger partial charge in [0.2, 0.25) is 0 Å². The van der Waals surface area contributed by atoms with E-state index in [1.54, 1.807) is 43.5 Å². The summed E-state index contributed by atoms with van der Waals surface area (Å²) in [6.07, 6.45) is 0. The Labute approximate surface area is 146 Å². The lowest BCUT2D eigenvalue weighted by molar-refractivity contribution is -0.118. The number of aryl methyl sites for hydroxylation is 1. The minimum Gasteiger partial charge on any atom is -0.493 e. The fourth-order valence-electron chi connectivity index (χ4n) is 2.14. The fraction of sp³-hybridized carbons (Fsp3) is 0.278. The van der Waals surface area contributed by atoms with Gasteiger partial charge in [-0.1, -0.05) is 11.6 Å². The van der Waals surface area contributed by atoms with Crippen molar-refractivity contribution in [3.05, 3.63) is 47.0 Å². The van der Waals surface area contributed by atoms with Gasteiger partial charge in [-0.3, -0.25) is 4.79 Å². The van der Waals surface area contributed by atoms with Crippen LogP contribution in [-0.2, 0) is 4.79 Å². The highest BCUT2D eigenvalue weighted by Crippen LogP contribution is 2.30. The number of methoxy groups -OCH3 is 1. The van der Waals surface area contributed by atoms with Crippen LogP contribution in [-0.4, -0.2) is 26.2 Å². The Hall–Kier alpha value is -2.40. The van der Waals surface area contributed by atoms with Crippen molar-refractivity contribution in [3.8, 4) is 17.2 Å². The standard InChI is InChI=1S/C18H20ClNO4/c1-4-23-16-8-6-14(10-17(16)22-3)20-18(21)11-24-15-7-5-13(19)9-12(15)2/h5-10H,4,11H2,1-3H3,(H,20,21). The molecule has 0 heterocycles. The summed E-state index contributed by atoms with van der Waals surface area (Å²) in [6.45, 7) is 4.20. The second kappa shape index (κ2) is 8.45. The first-order chi connectivity index (χ1) is 11.5. The predicted molar refractivity (Wildman–Crippen MR) is 94.5 cm³/mol. The van der Waals surface area contributed by atoms with Gasteiger partial charge < -0.3 is 19.5 Å². The number of anilines is 1. The van der Waals surface area contributed by atoms with Crippen molar-refractivity contribution >= 4 is 23.2 Å². The highest BCUT2D eigenvalue weighted by atomic mass is 35.5. The number of amides is 1. The molecule has 2 aromatic carbocycles. The van der Waals surface area contributed by atoms with E-state index >= 15 is 0 Å². The molecule has 0 radical (unpaired) electrons. The van der Waals surface area contributed by atoms with Gasteiger partial charge in [0.1, 0.15) is 5.75 Å². The number of hydrogen-bond acceptors (Lipinski definition) is 4. The molecule has 0 saturated heterocycles. The van der Waals surface area contributed by atoms with Gasteiger partial charge in [0.15, 0.2) is 18.1 Å². The normalized spacial score (nSPS) is 10.2. The Morgan fingerprint density at radius 3 is 2.50 bits per heavy atom. The maximum absolute atomic E-state index is 12.0. The molecule has 0 aromatic heterocycles. The third-order valence-electron chi connectivity index (χ3n) is 3.24. The van der Waals surface area contributed by atoms with Crippen molar-refractivity contribution in [1.82, 2.24) is 0 Å². The quantitative estimate of drug-likeness (QED) is 0.818. The van der Waals surface area contributed by atoms with Crippen LogP contribution >= 0.6 is 11.6 Å². The molecule has 2 aromatic rings. The van der Waals surface area contributed by atoms with Gasteiger partial charge >= 0.3 is 0 Å². The molecule has 128 valence electrons. The lowest BCUT2D eigenvalue weighted by atomic mass is 10.2. The number of hydrogen-bond donors (Lipinski definition) is 1. The first kappa shape index (κ1) is 17.9. The van der Waals surface area contributed by atoms with Gasteiger partial charge in [0, 0.05) is 16.8 Å². The highest BCUT2D eigenvalue weighted by molar-refractivity contribution is 6.30. The van der Waals surface area contributed by atoms with E-state index in [1.807, 2.05) is 13.8 Å². The first-order valence-corrected chi connectivity index (χ1v) is 7.91. The molecule has 0 aliphatic heterocycles. The number of carbonyl (C=O) groups is 1. The molecular weight excluding hydrogens is 330 g/mol. The topological polar surface area (TPSA) is 56.8 Å². The van der Waals surface area contributed by atoms with E-state index in [4.69, 9.17) is 25.8 Å². The van der Waals surface area contributed by atoms with E-state index < -0.39 is 0 Å². The summed E-state index contributed by atoms with van der Waals surface area (Å²) in [6, 6.07) is 10.5. The molecule has 0 fully saturated rings. The minimum absolute atomic E-state index is 0.0992. The summed E-state index contributed by atoms with van der Waals surface area (Å²) in [7, 11) is 1.55. The SMILES string of the molecule is CCOc1ccc(NC(=O)COc2ccc(Cl)cc2C)cc1OC.